The Kier molecular flexibility index (Phi) is 9.97. The molecule has 0 spiro atoms. The molecule has 11 rings (SSSR count). The number of hydrogen-bond donors (Lipinski definition) is 0. The van der Waals surface area contributed by atoms with Crippen molar-refractivity contribution >= 4 is 38.6 Å². The van der Waals surface area contributed by atoms with E-state index in [-0.39, 0.29) is 0 Å². The molecular weight excluding hydrogens is 759 g/mol. The number of fused-ring (bicyclic) bond motifs is 2. The smallest absolute Gasteiger partial charge is 0.0462 e. The summed E-state index contributed by atoms with van der Waals surface area (Å²) in [6, 6.07) is 94.6. The number of hydrogen-bond acceptors (Lipinski definition) is 1. The molecule has 0 bridgehead atoms. The van der Waals surface area contributed by atoms with Crippen LogP contribution in [0.25, 0.3) is 88.3 Å². The molecule has 296 valence electrons. The highest BCUT2D eigenvalue weighted by Crippen LogP contribution is 2.45. The third-order valence-electron chi connectivity index (χ3n) is 12.3. The summed E-state index contributed by atoms with van der Waals surface area (Å²) in [7, 11) is 0. The van der Waals surface area contributed by atoms with Gasteiger partial charge in [0.15, 0.2) is 0 Å². The average molecular weight is 802 g/mol. The van der Waals surface area contributed by atoms with Crippen LogP contribution in [-0.4, -0.2) is 0 Å². The maximum Gasteiger partial charge on any atom is 0.0462 e. The molecule has 1 heteroatoms. The minimum atomic E-state index is 1.08. The van der Waals surface area contributed by atoms with Crippen LogP contribution in [0.3, 0.4) is 0 Å². The minimum Gasteiger partial charge on any atom is -0.311 e. The van der Waals surface area contributed by atoms with E-state index in [2.05, 4.69) is 266 Å². The summed E-state index contributed by atoms with van der Waals surface area (Å²) in [6.07, 6.45) is 0. The molecule has 0 fully saturated rings. The van der Waals surface area contributed by atoms with Gasteiger partial charge in [-0.3, -0.25) is 0 Å². The zero-order chi connectivity index (χ0) is 42.0. The minimum absolute atomic E-state index is 1.08. The second-order valence-corrected chi connectivity index (χ2v) is 16.1. The number of nitrogens with zero attached hydrogens (tertiary/aromatic N) is 1. The Morgan fingerprint density at radius 3 is 1.24 bits per heavy atom. The molecule has 0 aromatic heterocycles. The Hall–Kier alpha value is -8.26. The summed E-state index contributed by atoms with van der Waals surface area (Å²) >= 11 is 0. The number of anilines is 3. The third-order valence-corrected chi connectivity index (χ3v) is 12.3. The fraction of sp³-hybridized carbons (Fsp3) is 0. The van der Waals surface area contributed by atoms with Crippen LogP contribution in [0.1, 0.15) is 0 Å². The predicted molar refractivity (Wildman–Crippen MR) is 269 cm³/mol. The molecule has 0 saturated carbocycles. The predicted octanol–water partition coefficient (Wildman–Crippen LogP) is 17.5. The van der Waals surface area contributed by atoms with Gasteiger partial charge in [0, 0.05) is 17.1 Å². The highest BCUT2D eigenvalue weighted by atomic mass is 15.1. The van der Waals surface area contributed by atoms with Crippen molar-refractivity contribution in [3.63, 3.8) is 0 Å². The van der Waals surface area contributed by atoms with Gasteiger partial charge in [-0.25, -0.2) is 0 Å². The first-order valence-corrected chi connectivity index (χ1v) is 21.7. The normalized spacial score (nSPS) is 11.2. The van der Waals surface area contributed by atoms with Crippen molar-refractivity contribution in [1.82, 2.24) is 0 Å². The van der Waals surface area contributed by atoms with E-state index in [0.717, 1.165) is 22.6 Å². The van der Waals surface area contributed by atoms with E-state index in [4.69, 9.17) is 0 Å². The Balaban J connectivity index is 1.02. The average Bonchev–Trinajstić information content (AvgIpc) is 3.37. The van der Waals surface area contributed by atoms with Crippen LogP contribution in [0.2, 0.25) is 0 Å². The topological polar surface area (TPSA) is 3.24 Å². The van der Waals surface area contributed by atoms with Gasteiger partial charge in [-0.1, -0.05) is 218 Å². The van der Waals surface area contributed by atoms with E-state index in [9.17, 15) is 0 Å². The van der Waals surface area contributed by atoms with Crippen LogP contribution in [0.4, 0.5) is 17.1 Å². The molecule has 63 heavy (non-hydrogen) atoms. The van der Waals surface area contributed by atoms with Crippen LogP contribution >= 0.6 is 0 Å². The maximum atomic E-state index is 2.37. The van der Waals surface area contributed by atoms with Gasteiger partial charge < -0.3 is 4.90 Å². The summed E-state index contributed by atoms with van der Waals surface area (Å²) in [5.74, 6) is 0. The molecule has 1 nitrogen and oxygen atoms in total. The van der Waals surface area contributed by atoms with Crippen molar-refractivity contribution in [2.75, 3.05) is 4.90 Å². The first-order chi connectivity index (χ1) is 31.2. The first kappa shape index (κ1) is 37.7. The molecule has 0 radical (unpaired) electrons. The van der Waals surface area contributed by atoms with Crippen LogP contribution in [0.5, 0.6) is 0 Å². The van der Waals surface area contributed by atoms with Gasteiger partial charge in [-0.2, -0.15) is 0 Å². The van der Waals surface area contributed by atoms with Crippen LogP contribution in [0, 0.1) is 0 Å². The highest BCUT2D eigenvalue weighted by Gasteiger charge is 2.19. The van der Waals surface area contributed by atoms with Crippen LogP contribution < -0.4 is 4.90 Å². The van der Waals surface area contributed by atoms with Crippen molar-refractivity contribution in [3.05, 3.63) is 261 Å². The fourth-order valence-corrected chi connectivity index (χ4v) is 9.19. The Morgan fingerprint density at radius 2 is 0.603 bits per heavy atom. The van der Waals surface area contributed by atoms with Gasteiger partial charge in [0.2, 0.25) is 0 Å². The molecule has 0 saturated heterocycles. The Labute approximate surface area is 369 Å². The Morgan fingerprint density at radius 1 is 0.206 bits per heavy atom. The molecule has 0 aliphatic carbocycles. The lowest BCUT2D eigenvalue weighted by Gasteiger charge is -2.26. The van der Waals surface area contributed by atoms with E-state index in [1.165, 1.54) is 82.7 Å². The van der Waals surface area contributed by atoms with Crippen LogP contribution in [0.15, 0.2) is 261 Å². The van der Waals surface area contributed by atoms with Crippen molar-refractivity contribution in [2.24, 2.45) is 0 Å². The molecule has 0 N–H and O–H groups in total. The zero-order valence-corrected chi connectivity index (χ0v) is 34.8. The molecule has 0 aliphatic heterocycles. The zero-order valence-electron chi connectivity index (χ0n) is 34.8. The quantitative estimate of drug-likeness (QED) is 0.141. The molecule has 11 aromatic rings. The summed E-state index contributed by atoms with van der Waals surface area (Å²) in [6.45, 7) is 0. The standard InChI is InChI=1S/C62H43N/c1-3-16-46(17-4-1)58-24-11-12-25-61(58)62-59(48-18-5-2-6-19-48)27-14-28-60(62)50-35-41-55(42-36-50)63(53-37-31-45(32-38-53)52-30-29-44-15-7-8-21-51(44)43-52)54-39-33-49(34-40-54)57-26-13-22-47-20-9-10-23-56(47)57/h1-43H. The van der Waals surface area contributed by atoms with E-state index < -0.39 is 0 Å². The molecule has 0 amide bonds. The second-order valence-electron chi connectivity index (χ2n) is 16.1. The SMILES string of the molecule is c1ccc(-c2ccccc2-c2c(-c3ccccc3)cccc2-c2ccc(N(c3ccc(-c4ccc5ccccc5c4)cc3)c3ccc(-c4cccc5ccccc45)cc3)cc2)cc1. The molecule has 0 atom stereocenters. The molecular formula is C62H43N. The lowest BCUT2D eigenvalue weighted by Crippen LogP contribution is -2.09. The fourth-order valence-electron chi connectivity index (χ4n) is 9.19. The molecule has 11 aromatic carbocycles. The van der Waals surface area contributed by atoms with Gasteiger partial charge in [-0.15, -0.1) is 0 Å². The van der Waals surface area contributed by atoms with Crippen molar-refractivity contribution < 1.29 is 0 Å². The van der Waals surface area contributed by atoms with Crippen molar-refractivity contribution in [2.45, 2.75) is 0 Å². The van der Waals surface area contributed by atoms with E-state index in [1.807, 2.05) is 0 Å². The summed E-state index contributed by atoms with van der Waals surface area (Å²) in [4.78, 5) is 2.37. The molecule has 0 heterocycles. The first-order valence-electron chi connectivity index (χ1n) is 21.7. The largest absolute Gasteiger partial charge is 0.311 e. The number of benzene rings is 11. The van der Waals surface area contributed by atoms with E-state index in [1.54, 1.807) is 0 Å². The van der Waals surface area contributed by atoms with E-state index in [0.29, 0.717) is 0 Å². The summed E-state index contributed by atoms with van der Waals surface area (Å²) < 4.78 is 0. The number of rotatable bonds is 9. The van der Waals surface area contributed by atoms with Gasteiger partial charge in [0.25, 0.3) is 0 Å². The molecule has 0 aliphatic rings. The second kappa shape index (κ2) is 16.7. The van der Waals surface area contributed by atoms with E-state index >= 15 is 0 Å². The van der Waals surface area contributed by atoms with Gasteiger partial charge in [-0.05, 0) is 131 Å². The van der Waals surface area contributed by atoms with Crippen LogP contribution in [-0.2, 0) is 0 Å². The van der Waals surface area contributed by atoms with Gasteiger partial charge >= 0.3 is 0 Å². The Bertz CT molecular complexity index is 3340. The molecule has 0 unspecified atom stereocenters. The lowest BCUT2D eigenvalue weighted by atomic mass is 9.84. The maximum absolute atomic E-state index is 2.37. The van der Waals surface area contributed by atoms with Crippen molar-refractivity contribution in [3.8, 4) is 66.8 Å². The lowest BCUT2D eigenvalue weighted by molar-refractivity contribution is 1.28. The van der Waals surface area contributed by atoms with Crippen molar-refractivity contribution in [1.29, 1.82) is 0 Å². The van der Waals surface area contributed by atoms with Gasteiger partial charge in [0.1, 0.15) is 0 Å². The summed E-state index contributed by atoms with van der Waals surface area (Å²) in [5, 5.41) is 4.99. The third kappa shape index (κ3) is 7.37. The highest BCUT2D eigenvalue weighted by molar-refractivity contribution is 6.00. The van der Waals surface area contributed by atoms with Gasteiger partial charge in [0.05, 0.1) is 0 Å². The summed E-state index contributed by atoms with van der Waals surface area (Å²) in [5.41, 5.74) is 17.7. The monoisotopic (exact) mass is 801 g/mol.